The fraction of sp³-hybridized carbons (Fsp3) is 0.750. The van der Waals surface area contributed by atoms with Crippen molar-refractivity contribution in [2.24, 2.45) is 5.92 Å². The van der Waals surface area contributed by atoms with Crippen LogP contribution in [0.4, 0.5) is 0 Å². The highest BCUT2D eigenvalue weighted by atomic mass is 16.5. The van der Waals surface area contributed by atoms with Crippen molar-refractivity contribution in [3.63, 3.8) is 0 Å². The molecule has 0 fully saturated rings. The number of carbonyl (C=O) groups excluding carboxylic acids is 1. The van der Waals surface area contributed by atoms with E-state index in [-0.39, 0.29) is 0 Å². The lowest BCUT2D eigenvalue weighted by molar-refractivity contribution is -0.145. The number of rotatable bonds is 5. The van der Waals surface area contributed by atoms with E-state index < -0.39 is 18.1 Å². The smallest absolute Gasteiger partial charge is 0.325 e. The third-order valence-corrected chi connectivity index (χ3v) is 2.94. The van der Waals surface area contributed by atoms with Gasteiger partial charge < -0.3 is 15.2 Å². The van der Waals surface area contributed by atoms with Crippen molar-refractivity contribution in [1.29, 1.82) is 0 Å². The lowest BCUT2D eigenvalue weighted by Gasteiger charge is -2.23. The topological polar surface area (TPSA) is 58.6 Å². The number of aliphatic hydroxyl groups is 1. The molecule has 0 aliphatic heterocycles. The Labute approximate surface area is 96.7 Å². The Hall–Kier alpha value is -0.870. The van der Waals surface area contributed by atoms with E-state index in [1.54, 1.807) is 6.92 Å². The highest BCUT2D eigenvalue weighted by molar-refractivity contribution is 5.76. The van der Waals surface area contributed by atoms with Gasteiger partial charge in [-0.15, -0.1) is 0 Å². The number of allylic oxidation sites excluding steroid dienone is 2. The zero-order chi connectivity index (χ0) is 12.0. The molecule has 0 heterocycles. The van der Waals surface area contributed by atoms with Gasteiger partial charge in [-0.2, -0.15) is 0 Å². The molecule has 0 saturated carbocycles. The van der Waals surface area contributed by atoms with Gasteiger partial charge in [0, 0.05) is 0 Å². The van der Waals surface area contributed by atoms with Crippen molar-refractivity contribution in [1.82, 2.24) is 5.32 Å². The predicted octanol–water partition coefficient (Wildman–Crippen LogP) is 0.855. The number of nitrogens with one attached hydrogen (secondary N) is 1. The Bertz CT molecular complexity index is 251. The second-order valence-corrected chi connectivity index (χ2v) is 4.30. The van der Waals surface area contributed by atoms with Crippen LogP contribution in [0, 0.1) is 5.92 Å². The average molecular weight is 227 g/mol. The Kier molecular flexibility index (Phi) is 5.49. The molecular weight excluding hydrogens is 206 g/mol. The van der Waals surface area contributed by atoms with Gasteiger partial charge in [-0.1, -0.05) is 12.2 Å². The largest absolute Gasteiger partial charge is 0.468 e. The highest BCUT2D eigenvalue weighted by Crippen LogP contribution is 2.17. The summed E-state index contributed by atoms with van der Waals surface area (Å²) in [5.41, 5.74) is 0. The van der Waals surface area contributed by atoms with E-state index in [1.807, 2.05) is 0 Å². The highest BCUT2D eigenvalue weighted by Gasteiger charge is 2.24. The molecule has 0 aromatic carbocycles. The van der Waals surface area contributed by atoms with Gasteiger partial charge in [-0.3, -0.25) is 4.79 Å². The summed E-state index contributed by atoms with van der Waals surface area (Å²) in [6.45, 7) is 2.34. The second kappa shape index (κ2) is 6.66. The summed E-state index contributed by atoms with van der Waals surface area (Å²) in [5, 5.41) is 12.5. The van der Waals surface area contributed by atoms with Gasteiger partial charge in [0.15, 0.2) is 0 Å². The average Bonchev–Trinajstić information content (AvgIpc) is 2.30. The van der Waals surface area contributed by atoms with E-state index in [0.29, 0.717) is 5.92 Å². The minimum atomic E-state index is -0.730. The molecule has 1 aliphatic rings. The number of hydrogen-bond donors (Lipinski definition) is 2. The van der Waals surface area contributed by atoms with Gasteiger partial charge in [0.25, 0.3) is 0 Å². The molecule has 0 bridgehead atoms. The van der Waals surface area contributed by atoms with Gasteiger partial charge >= 0.3 is 5.97 Å². The van der Waals surface area contributed by atoms with Crippen LogP contribution in [0.5, 0.6) is 0 Å². The minimum absolute atomic E-state index is 0.402. The molecule has 2 N–H and O–H groups in total. The predicted molar refractivity (Wildman–Crippen MR) is 62.0 cm³/mol. The van der Waals surface area contributed by atoms with Crippen molar-refractivity contribution in [2.45, 2.75) is 38.3 Å². The maximum atomic E-state index is 11.4. The summed E-state index contributed by atoms with van der Waals surface area (Å²) >= 11 is 0. The SMILES string of the molecule is COC(=O)[C@H](NC[C@H]1CC=CCC1)[C@H](C)O. The Balaban J connectivity index is 2.37. The van der Waals surface area contributed by atoms with Crippen LogP contribution in [0.25, 0.3) is 0 Å². The maximum absolute atomic E-state index is 11.4. The summed E-state index contributed by atoms with van der Waals surface area (Å²) in [6, 6.07) is -0.615. The van der Waals surface area contributed by atoms with Crippen LogP contribution in [-0.4, -0.2) is 36.9 Å². The van der Waals surface area contributed by atoms with Crippen molar-refractivity contribution in [2.75, 3.05) is 13.7 Å². The molecule has 0 spiro atoms. The van der Waals surface area contributed by atoms with Crippen LogP contribution in [0.2, 0.25) is 0 Å². The molecule has 0 saturated heterocycles. The third-order valence-electron chi connectivity index (χ3n) is 2.94. The van der Waals surface area contributed by atoms with E-state index in [2.05, 4.69) is 22.2 Å². The number of ether oxygens (including phenoxy) is 1. The van der Waals surface area contributed by atoms with E-state index >= 15 is 0 Å². The van der Waals surface area contributed by atoms with Gasteiger partial charge in [0.05, 0.1) is 13.2 Å². The molecule has 0 radical (unpaired) electrons. The molecule has 16 heavy (non-hydrogen) atoms. The molecule has 4 nitrogen and oxygen atoms in total. The third kappa shape index (κ3) is 3.94. The molecule has 0 amide bonds. The molecule has 92 valence electrons. The van der Waals surface area contributed by atoms with Crippen molar-refractivity contribution >= 4 is 5.97 Å². The van der Waals surface area contributed by atoms with Crippen LogP contribution in [0.3, 0.4) is 0 Å². The normalized spacial score (nSPS) is 23.8. The van der Waals surface area contributed by atoms with Crippen molar-refractivity contribution in [3.05, 3.63) is 12.2 Å². The summed E-state index contributed by atoms with van der Waals surface area (Å²) in [6.07, 6.45) is 6.91. The summed E-state index contributed by atoms with van der Waals surface area (Å²) < 4.78 is 4.64. The van der Waals surface area contributed by atoms with Crippen LogP contribution in [-0.2, 0) is 9.53 Å². The summed E-state index contributed by atoms with van der Waals surface area (Å²) in [4.78, 5) is 11.4. The van der Waals surface area contributed by atoms with Crippen molar-refractivity contribution < 1.29 is 14.6 Å². The molecule has 0 unspecified atom stereocenters. The monoisotopic (exact) mass is 227 g/mol. The molecule has 4 heteroatoms. The van der Waals surface area contributed by atoms with Crippen molar-refractivity contribution in [3.8, 4) is 0 Å². The molecule has 0 aromatic heterocycles. The van der Waals surface area contributed by atoms with E-state index in [9.17, 15) is 9.90 Å². The zero-order valence-electron chi connectivity index (χ0n) is 9.98. The standard InChI is InChI=1S/C12H21NO3/c1-9(14)11(12(15)16-2)13-8-10-6-4-3-5-7-10/h3-4,9-11,13-14H,5-8H2,1-2H3/t9-,10-,11+/m0/s1. The zero-order valence-corrected chi connectivity index (χ0v) is 9.98. The number of aliphatic hydroxyl groups excluding tert-OH is 1. The second-order valence-electron chi connectivity index (χ2n) is 4.30. The molecule has 1 aliphatic carbocycles. The summed E-state index contributed by atoms with van der Waals surface area (Å²) in [5.74, 6) is 0.150. The van der Waals surface area contributed by atoms with E-state index in [4.69, 9.17) is 0 Å². The van der Waals surface area contributed by atoms with Gasteiger partial charge in [0.2, 0.25) is 0 Å². The van der Waals surface area contributed by atoms with E-state index in [0.717, 1.165) is 25.8 Å². The Morgan fingerprint density at radius 3 is 2.88 bits per heavy atom. The first-order chi connectivity index (χ1) is 7.65. The first-order valence-electron chi connectivity index (χ1n) is 5.79. The number of esters is 1. The number of hydrogen-bond acceptors (Lipinski definition) is 4. The maximum Gasteiger partial charge on any atom is 0.325 e. The molecule has 1 rings (SSSR count). The quantitative estimate of drug-likeness (QED) is 0.540. The number of methoxy groups -OCH3 is 1. The fourth-order valence-corrected chi connectivity index (χ4v) is 1.91. The lowest BCUT2D eigenvalue weighted by Crippen LogP contribution is -2.47. The Morgan fingerprint density at radius 2 is 2.38 bits per heavy atom. The van der Waals surface area contributed by atoms with Crippen LogP contribution >= 0.6 is 0 Å². The van der Waals surface area contributed by atoms with Gasteiger partial charge in [0.1, 0.15) is 6.04 Å². The Morgan fingerprint density at radius 1 is 1.62 bits per heavy atom. The molecule has 3 atom stereocenters. The van der Waals surface area contributed by atoms with Crippen LogP contribution in [0.1, 0.15) is 26.2 Å². The fourth-order valence-electron chi connectivity index (χ4n) is 1.91. The first-order valence-corrected chi connectivity index (χ1v) is 5.79. The minimum Gasteiger partial charge on any atom is -0.468 e. The number of carbonyl (C=O) groups is 1. The lowest BCUT2D eigenvalue weighted by atomic mass is 9.94. The van der Waals surface area contributed by atoms with E-state index in [1.165, 1.54) is 7.11 Å². The van der Waals surface area contributed by atoms with Gasteiger partial charge in [-0.25, -0.2) is 0 Å². The summed E-state index contributed by atoms with van der Waals surface area (Å²) in [7, 11) is 1.34. The molecule has 0 aromatic rings. The van der Waals surface area contributed by atoms with Gasteiger partial charge in [-0.05, 0) is 38.6 Å². The van der Waals surface area contributed by atoms with Crippen LogP contribution < -0.4 is 5.32 Å². The molecular formula is C12H21NO3. The first kappa shape index (κ1) is 13.2. The van der Waals surface area contributed by atoms with Crippen LogP contribution in [0.15, 0.2) is 12.2 Å².